The first-order valence-corrected chi connectivity index (χ1v) is 10.5. The van der Waals surface area contributed by atoms with E-state index >= 15 is 0 Å². The minimum absolute atomic E-state index is 0.162. The Kier molecular flexibility index (Phi) is 5.04. The van der Waals surface area contributed by atoms with Crippen molar-refractivity contribution in [2.24, 2.45) is 0 Å². The Labute approximate surface area is 172 Å². The molecule has 3 aliphatic rings. The van der Waals surface area contributed by atoms with Crippen LogP contribution in [0.5, 0.6) is 5.75 Å². The number of methoxy groups -OCH3 is 1. The van der Waals surface area contributed by atoms with Crippen LogP contribution in [-0.4, -0.2) is 82.3 Å². The normalized spacial score (nSPS) is 27.0. The number of rotatable bonds is 5. The summed E-state index contributed by atoms with van der Waals surface area (Å²) in [5.41, 5.74) is 2.75. The highest BCUT2D eigenvalue weighted by Crippen LogP contribution is 2.39. The Hall–Kier alpha value is -1.99. The minimum Gasteiger partial charge on any atom is -0.497 e. The van der Waals surface area contributed by atoms with Crippen molar-refractivity contribution in [2.75, 3.05) is 39.8 Å². The van der Waals surface area contributed by atoms with E-state index in [1.165, 1.54) is 11.1 Å². The van der Waals surface area contributed by atoms with Crippen LogP contribution in [0.15, 0.2) is 48.8 Å². The first kappa shape index (κ1) is 19.0. The molecule has 5 rings (SSSR count). The van der Waals surface area contributed by atoms with Crippen LogP contribution < -0.4 is 4.74 Å². The van der Waals surface area contributed by atoms with Crippen molar-refractivity contribution < 1.29 is 9.84 Å². The summed E-state index contributed by atoms with van der Waals surface area (Å²) >= 11 is 0. The molecule has 0 bridgehead atoms. The predicted molar refractivity (Wildman–Crippen MR) is 112 cm³/mol. The number of β-amino-alcohol motifs (C(OH)–C–C–N with tert-alkyl or cyclic N) is 1. The molecular weight excluding hydrogens is 364 g/mol. The van der Waals surface area contributed by atoms with Gasteiger partial charge in [0, 0.05) is 64.2 Å². The average Bonchev–Trinajstić information content (AvgIpc) is 3.09. The van der Waals surface area contributed by atoms with Crippen LogP contribution in [0.4, 0.5) is 0 Å². The highest BCUT2D eigenvalue weighted by Gasteiger charge is 2.55. The Balaban J connectivity index is 1.27. The molecule has 1 aromatic heterocycles. The average molecular weight is 395 g/mol. The van der Waals surface area contributed by atoms with Crippen molar-refractivity contribution in [3.63, 3.8) is 0 Å². The van der Waals surface area contributed by atoms with Gasteiger partial charge in [-0.25, -0.2) is 0 Å². The molecule has 0 saturated carbocycles. The standard InChI is InChI=1S/C23H30N4O2/c1-29-22-6-4-18(5-7-22)11-26-16-23(17-26)15-25(12-19-3-2-8-24-10-19)13-20-9-21(28)14-27(20)23/h2-8,10,20-21,28H,9,11-17H2,1H3/t20-,21-/m1/s1. The maximum Gasteiger partial charge on any atom is 0.118 e. The first-order valence-electron chi connectivity index (χ1n) is 10.5. The highest BCUT2D eigenvalue weighted by molar-refractivity contribution is 5.27. The summed E-state index contributed by atoms with van der Waals surface area (Å²) in [7, 11) is 1.70. The van der Waals surface area contributed by atoms with Crippen molar-refractivity contribution in [2.45, 2.75) is 37.2 Å². The zero-order valence-electron chi connectivity index (χ0n) is 17.1. The molecule has 6 heteroatoms. The molecule has 1 N–H and O–H groups in total. The lowest BCUT2D eigenvalue weighted by molar-refractivity contribution is -0.118. The Bertz CT molecular complexity index is 823. The Morgan fingerprint density at radius 1 is 1.03 bits per heavy atom. The second kappa shape index (κ2) is 7.69. The van der Waals surface area contributed by atoms with Crippen molar-refractivity contribution in [1.29, 1.82) is 0 Å². The lowest BCUT2D eigenvalue weighted by Crippen LogP contribution is -2.77. The molecule has 3 fully saturated rings. The van der Waals surface area contributed by atoms with Gasteiger partial charge in [-0.3, -0.25) is 19.7 Å². The number of benzene rings is 1. The van der Waals surface area contributed by atoms with E-state index in [4.69, 9.17) is 4.74 Å². The van der Waals surface area contributed by atoms with Gasteiger partial charge in [-0.05, 0) is 35.7 Å². The molecule has 154 valence electrons. The maximum atomic E-state index is 10.3. The largest absolute Gasteiger partial charge is 0.497 e. The number of ether oxygens (including phenoxy) is 1. The van der Waals surface area contributed by atoms with E-state index in [2.05, 4.69) is 37.9 Å². The molecule has 1 aromatic carbocycles. The molecule has 0 radical (unpaired) electrons. The van der Waals surface area contributed by atoms with Gasteiger partial charge in [0.25, 0.3) is 0 Å². The summed E-state index contributed by atoms with van der Waals surface area (Å²) < 4.78 is 5.27. The molecule has 4 heterocycles. The molecule has 29 heavy (non-hydrogen) atoms. The van der Waals surface area contributed by atoms with E-state index < -0.39 is 0 Å². The van der Waals surface area contributed by atoms with Gasteiger partial charge in [-0.15, -0.1) is 0 Å². The van der Waals surface area contributed by atoms with E-state index in [1.807, 2.05) is 30.6 Å². The van der Waals surface area contributed by atoms with Gasteiger partial charge in [-0.2, -0.15) is 0 Å². The van der Waals surface area contributed by atoms with E-state index in [0.29, 0.717) is 6.04 Å². The second-order valence-corrected chi connectivity index (χ2v) is 8.94. The van der Waals surface area contributed by atoms with E-state index in [1.54, 1.807) is 7.11 Å². The van der Waals surface area contributed by atoms with Crippen LogP contribution in [-0.2, 0) is 13.1 Å². The fourth-order valence-electron chi connectivity index (χ4n) is 5.55. The maximum absolute atomic E-state index is 10.3. The number of nitrogens with zero attached hydrogens (tertiary/aromatic N) is 4. The number of fused-ring (bicyclic) bond motifs is 2. The summed E-state index contributed by atoms with van der Waals surface area (Å²) in [6.45, 7) is 6.94. The van der Waals surface area contributed by atoms with Crippen molar-refractivity contribution in [3.8, 4) is 5.75 Å². The molecule has 0 amide bonds. The topological polar surface area (TPSA) is 52.1 Å². The number of hydrogen-bond acceptors (Lipinski definition) is 6. The number of piperazine rings is 1. The van der Waals surface area contributed by atoms with Crippen LogP contribution >= 0.6 is 0 Å². The molecule has 6 nitrogen and oxygen atoms in total. The molecule has 2 aromatic rings. The fraction of sp³-hybridized carbons (Fsp3) is 0.522. The minimum atomic E-state index is -0.189. The van der Waals surface area contributed by atoms with E-state index in [-0.39, 0.29) is 11.6 Å². The van der Waals surface area contributed by atoms with Crippen molar-refractivity contribution in [1.82, 2.24) is 19.7 Å². The van der Waals surface area contributed by atoms with Gasteiger partial charge in [0.15, 0.2) is 0 Å². The first-order chi connectivity index (χ1) is 14.1. The van der Waals surface area contributed by atoms with Crippen LogP contribution in [0.2, 0.25) is 0 Å². The molecule has 1 spiro atoms. The highest BCUT2D eigenvalue weighted by atomic mass is 16.5. The van der Waals surface area contributed by atoms with Crippen LogP contribution in [0.1, 0.15) is 17.5 Å². The lowest BCUT2D eigenvalue weighted by Gasteiger charge is -2.61. The van der Waals surface area contributed by atoms with Crippen molar-refractivity contribution in [3.05, 3.63) is 59.9 Å². The number of likely N-dealkylation sites (tertiary alicyclic amines) is 1. The summed E-state index contributed by atoms with van der Waals surface area (Å²) in [5, 5.41) is 10.3. The van der Waals surface area contributed by atoms with E-state index in [0.717, 1.165) is 58.0 Å². The molecule has 0 unspecified atom stereocenters. The van der Waals surface area contributed by atoms with Gasteiger partial charge in [0.2, 0.25) is 0 Å². The second-order valence-electron chi connectivity index (χ2n) is 8.94. The molecular formula is C23H30N4O2. The quantitative estimate of drug-likeness (QED) is 0.831. The third-order valence-corrected chi connectivity index (χ3v) is 6.72. The van der Waals surface area contributed by atoms with Crippen LogP contribution in [0, 0.1) is 0 Å². The number of aliphatic hydroxyl groups excluding tert-OH is 1. The van der Waals surface area contributed by atoms with Gasteiger partial charge in [0.05, 0.1) is 18.8 Å². The summed E-state index contributed by atoms with van der Waals surface area (Å²) in [6, 6.07) is 13.0. The zero-order chi connectivity index (χ0) is 19.8. The van der Waals surface area contributed by atoms with Gasteiger partial charge in [-0.1, -0.05) is 18.2 Å². The zero-order valence-corrected chi connectivity index (χ0v) is 17.1. The molecule has 3 saturated heterocycles. The number of aromatic nitrogens is 1. The third-order valence-electron chi connectivity index (χ3n) is 6.72. The van der Waals surface area contributed by atoms with Gasteiger partial charge < -0.3 is 9.84 Å². The number of pyridine rings is 1. The van der Waals surface area contributed by atoms with Crippen LogP contribution in [0.3, 0.4) is 0 Å². The smallest absolute Gasteiger partial charge is 0.118 e. The third kappa shape index (κ3) is 3.78. The number of hydrogen-bond donors (Lipinski definition) is 1. The summed E-state index contributed by atoms with van der Waals surface area (Å²) in [4.78, 5) is 12.0. The van der Waals surface area contributed by atoms with Crippen LogP contribution in [0.25, 0.3) is 0 Å². The summed E-state index contributed by atoms with van der Waals surface area (Å²) in [6.07, 6.45) is 4.51. The lowest BCUT2D eigenvalue weighted by atomic mass is 9.83. The SMILES string of the molecule is COc1ccc(CN2CC3(CN(Cc4cccnc4)C[C@H]4C[C@@H](O)CN43)C2)cc1. The Morgan fingerprint density at radius 3 is 2.52 bits per heavy atom. The predicted octanol–water partition coefficient (Wildman–Crippen LogP) is 1.60. The fourth-order valence-corrected chi connectivity index (χ4v) is 5.55. The molecule has 2 atom stereocenters. The Morgan fingerprint density at radius 2 is 1.79 bits per heavy atom. The molecule has 3 aliphatic heterocycles. The monoisotopic (exact) mass is 394 g/mol. The molecule has 0 aliphatic carbocycles. The van der Waals surface area contributed by atoms with Gasteiger partial charge in [0.1, 0.15) is 5.75 Å². The summed E-state index contributed by atoms with van der Waals surface area (Å²) in [5.74, 6) is 0.904. The number of aliphatic hydroxyl groups is 1. The van der Waals surface area contributed by atoms with E-state index in [9.17, 15) is 5.11 Å². The van der Waals surface area contributed by atoms with Gasteiger partial charge >= 0.3 is 0 Å². The van der Waals surface area contributed by atoms with Crippen molar-refractivity contribution >= 4 is 0 Å².